The molecule has 0 N–H and O–H groups in total. The highest BCUT2D eigenvalue weighted by Gasteiger charge is 2.24. The van der Waals surface area contributed by atoms with Crippen LogP contribution >= 0.6 is 0 Å². The monoisotopic (exact) mass is 676 g/mol. The van der Waals surface area contributed by atoms with E-state index in [1.54, 1.807) is 0 Å². The van der Waals surface area contributed by atoms with Gasteiger partial charge in [0.15, 0.2) is 0 Å². The van der Waals surface area contributed by atoms with Gasteiger partial charge in [-0.25, -0.2) is 0 Å². The van der Waals surface area contributed by atoms with Gasteiger partial charge >= 0.3 is 0 Å². The summed E-state index contributed by atoms with van der Waals surface area (Å²) in [5, 5.41) is 7.78. The van der Waals surface area contributed by atoms with E-state index in [1.807, 2.05) is 0 Å². The van der Waals surface area contributed by atoms with Gasteiger partial charge in [0.25, 0.3) is 0 Å². The first-order valence-electron chi connectivity index (χ1n) is 18.5. The molecule has 0 aliphatic rings. The third-order valence-electron chi connectivity index (χ3n) is 11.7. The molecule has 2 heteroatoms. The fourth-order valence-electron chi connectivity index (χ4n) is 7.98. The van der Waals surface area contributed by atoms with Gasteiger partial charge in [0.2, 0.25) is 0 Å². The van der Waals surface area contributed by atoms with Gasteiger partial charge in [-0.2, -0.15) is 0 Å². The van der Waals surface area contributed by atoms with E-state index in [0.29, 0.717) is 0 Å². The Bertz CT molecular complexity index is 2410. The average molecular weight is 677 g/mol. The zero-order valence-corrected chi connectivity index (χ0v) is 32.3. The predicted octanol–water partition coefficient (Wildman–Crippen LogP) is 14.6. The minimum atomic E-state index is 1.17. The summed E-state index contributed by atoms with van der Waals surface area (Å²) in [5.41, 5.74) is 20.0. The quantitative estimate of drug-likeness (QED) is 0.162. The fraction of sp³-hybridized carbons (Fsp3) is 0.200. The second-order valence-corrected chi connectivity index (χ2v) is 15.2. The van der Waals surface area contributed by atoms with Crippen molar-refractivity contribution in [2.24, 2.45) is 0 Å². The van der Waals surface area contributed by atoms with Crippen molar-refractivity contribution in [1.29, 1.82) is 0 Å². The molecule has 8 rings (SSSR count). The fourth-order valence-corrected chi connectivity index (χ4v) is 7.98. The molecule has 0 aliphatic carbocycles. The Hall–Kier alpha value is -5.60. The Labute approximate surface area is 309 Å². The van der Waals surface area contributed by atoms with Crippen LogP contribution in [0, 0.1) is 69.2 Å². The van der Waals surface area contributed by atoms with Gasteiger partial charge in [-0.15, -0.1) is 0 Å². The summed E-state index contributed by atoms with van der Waals surface area (Å²) in [5.74, 6) is 0. The second kappa shape index (κ2) is 12.6. The van der Waals surface area contributed by atoms with Crippen molar-refractivity contribution in [3.8, 4) is 0 Å². The number of rotatable bonds is 6. The van der Waals surface area contributed by atoms with Gasteiger partial charge in [-0.05, 0) is 207 Å². The summed E-state index contributed by atoms with van der Waals surface area (Å²) in [7, 11) is 0. The lowest BCUT2D eigenvalue weighted by molar-refractivity contribution is 1.23. The zero-order valence-electron chi connectivity index (χ0n) is 32.3. The van der Waals surface area contributed by atoms with Crippen molar-refractivity contribution >= 4 is 66.4 Å². The first-order chi connectivity index (χ1) is 24.9. The molecule has 0 aromatic heterocycles. The van der Waals surface area contributed by atoms with Crippen LogP contribution in [-0.4, -0.2) is 0 Å². The first kappa shape index (κ1) is 33.5. The Morgan fingerprint density at radius 1 is 0.250 bits per heavy atom. The Morgan fingerprint density at radius 3 is 0.788 bits per heavy atom. The lowest BCUT2D eigenvalue weighted by Gasteiger charge is -2.31. The molecule has 52 heavy (non-hydrogen) atoms. The molecular weight excluding hydrogens is 629 g/mol. The smallest absolute Gasteiger partial charge is 0.0543 e. The van der Waals surface area contributed by atoms with Gasteiger partial charge in [0.05, 0.1) is 11.4 Å². The largest absolute Gasteiger partial charge is 0.310 e. The maximum Gasteiger partial charge on any atom is 0.0543 e. The molecule has 8 aromatic rings. The first-order valence-corrected chi connectivity index (χ1v) is 18.5. The van der Waals surface area contributed by atoms with E-state index < -0.39 is 0 Å². The van der Waals surface area contributed by atoms with Crippen LogP contribution in [0.15, 0.2) is 109 Å². The molecule has 0 bridgehead atoms. The van der Waals surface area contributed by atoms with E-state index in [4.69, 9.17) is 0 Å². The lowest BCUT2D eigenvalue weighted by Crippen LogP contribution is -2.13. The SMILES string of the molecule is Cc1ccc(N(c2ccc(C)c(C)c2)c2cc(C)c3ccc4c(N(c5ccc(C)c(C)c5)c5ccc(C)c(C)c5)cc(C)c5ccc2c3c54)cc1C. The van der Waals surface area contributed by atoms with Crippen molar-refractivity contribution < 1.29 is 0 Å². The van der Waals surface area contributed by atoms with Gasteiger partial charge in [-0.3, -0.25) is 0 Å². The van der Waals surface area contributed by atoms with Gasteiger partial charge in [0.1, 0.15) is 0 Å². The summed E-state index contributed by atoms with van der Waals surface area (Å²) in [6.45, 7) is 22.2. The molecule has 0 atom stereocenters. The van der Waals surface area contributed by atoms with E-state index in [-0.39, 0.29) is 0 Å². The number of nitrogens with zero attached hydrogens (tertiary/aromatic N) is 2. The molecule has 8 aromatic carbocycles. The maximum atomic E-state index is 2.47. The van der Waals surface area contributed by atoms with Crippen LogP contribution in [0.1, 0.15) is 55.6 Å². The number of aryl methyl sites for hydroxylation is 10. The van der Waals surface area contributed by atoms with Crippen LogP contribution in [0.3, 0.4) is 0 Å². The topological polar surface area (TPSA) is 6.48 Å². The summed E-state index contributed by atoms with van der Waals surface area (Å²) in [6, 6.07) is 41.7. The third-order valence-corrected chi connectivity index (χ3v) is 11.7. The number of anilines is 6. The highest BCUT2D eigenvalue weighted by molar-refractivity contribution is 6.29. The summed E-state index contributed by atoms with van der Waals surface area (Å²) >= 11 is 0. The van der Waals surface area contributed by atoms with Gasteiger partial charge < -0.3 is 9.80 Å². The molecular formula is C50H48N2. The van der Waals surface area contributed by atoms with Crippen LogP contribution in [0.5, 0.6) is 0 Å². The van der Waals surface area contributed by atoms with Crippen LogP contribution in [0.25, 0.3) is 32.3 Å². The highest BCUT2D eigenvalue weighted by atomic mass is 15.1. The summed E-state index contributed by atoms with van der Waals surface area (Å²) in [4.78, 5) is 4.95. The molecule has 258 valence electrons. The molecule has 0 spiro atoms. The van der Waals surface area contributed by atoms with Crippen LogP contribution in [0.2, 0.25) is 0 Å². The van der Waals surface area contributed by atoms with Crippen molar-refractivity contribution in [3.63, 3.8) is 0 Å². The van der Waals surface area contributed by atoms with E-state index in [2.05, 4.69) is 188 Å². The molecule has 0 amide bonds. The molecule has 0 unspecified atom stereocenters. The van der Waals surface area contributed by atoms with Gasteiger partial charge in [-0.1, -0.05) is 48.5 Å². The van der Waals surface area contributed by atoms with Crippen molar-refractivity contribution in [1.82, 2.24) is 0 Å². The van der Waals surface area contributed by atoms with Crippen molar-refractivity contribution in [2.75, 3.05) is 9.80 Å². The van der Waals surface area contributed by atoms with Crippen molar-refractivity contribution in [2.45, 2.75) is 69.2 Å². The Morgan fingerprint density at radius 2 is 0.519 bits per heavy atom. The Kier molecular flexibility index (Phi) is 8.10. The molecule has 0 fully saturated rings. The number of hydrogen-bond donors (Lipinski definition) is 0. The minimum absolute atomic E-state index is 1.17. The summed E-state index contributed by atoms with van der Waals surface area (Å²) < 4.78 is 0. The standard InChI is InChI=1S/C50H48N2/c1-29-11-15-39(23-33(29)5)51(40-16-12-30(2)34(6)24-40)47-27-37(9)43-20-22-46-48(28-38(10)44-19-21-45(47)49(43)50(44)46)52(41-17-13-31(3)35(7)25-41)42-18-14-32(4)36(8)26-42/h11-28H,1-10H3. The van der Waals surface area contributed by atoms with Crippen molar-refractivity contribution in [3.05, 3.63) is 165 Å². The number of hydrogen-bond acceptors (Lipinski definition) is 2. The summed E-state index contributed by atoms with van der Waals surface area (Å²) in [6.07, 6.45) is 0. The highest BCUT2D eigenvalue weighted by Crippen LogP contribution is 2.49. The van der Waals surface area contributed by atoms with E-state index >= 15 is 0 Å². The average Bonchev–Trinajstić information content (AvgIpc) is 3.12. The molecule has 2 nitrogen and oxygen atoms in total. The molecule has 0 heterocycles. The van der Waals surface area contributed by atoms with Crippen LogP contribution in [-0.2, 0) is 0 Å². The molecule has 0 aliphatic heterocycles. The maximum absolute atomic E-state index is 2.47. The van der Waals surface area contributed by atoms with Crippen LogP contribution < -0.4 is 9.80 Å². The number of benzene rings is 8. The molecule has 0 radical (unpaired) electrons. The third kappa shape index (κ3) is 5.40. The van der Waals surface area contributed by atoms with E-state index in [0.717, 1.165) is 0 Å². The van der Waals surface area contributed by atoms with E-state index in [9.17, 15) is 0 Å². The predicted molar refractivity (Wildman–Crippen MR) is 227 cm³/mol. The zero-order chi connectivity index (χ0) is 36.6. The van der Waals surface area contributed by atoms with Crippen LogP contribution in [0.4, 0.5) is 34.1 Å². The van der Waals surface area contributed by atoms with E-state index in [1.165, 1.54) is 122 Å². The van der Waals surface area contributed by atoms with Gasteiger partial charge in [0, 0.05) is 33.5 Å². The second-order valence-electron chi connectivity index (χ2n) is 15.2. The minimum Gasteiger partial charge on any atom is -0.310 e. The Balaban J connectivity index is 1.46. The normalized spacial score (nSPS) is 11.7. The molecule has 0 saturated heterocycles. The lowest BCUT2D eigenvalue weighted by atomic mass is 9.88. The molecule has 0 saturated carbocycles.